The van der Waals surface area contributed by atoms with Crippen molar-refractivity contribution >= 4 is 21.6 Å². The van der Waals surface area contributed by atoms with Crippen LogP contribution in [0.2, 0.25) is 0 Å². The Morgan fingerprint density at radius 2 is 2.28 bits per heavy atom. The summed E-state index contributed by atoms with van der Waals surface area (Å²) < 4.78 is 6.79. The first kappa shape index (κ1) is 11.9. The monoisotopic (exact) mass is 264 g/mol. The summed E-state index contributed by atoms with van der Waals surface area (Å²) in [6, 6.07) is 0. The SMILES string of the molecule is COCCn1c(C)nc2sc3c(c2c1=O)CCC3. The lowest BCUT2D eigenvalue weighted by Crippen LogP contribution is -2.25. The number of hydrogen-bond donors (Lipinski definition) is 0. The van der Waals surface area contributed by atoms with Crippen molar-refractivity contribution in [2.75, 3.05) is 13.7 Å². The van der Waals surface area contributed by atoms with Gasteiger partial charge in [0, 0.05) is 12.0 Å². The molecule has 3 rings (SSSR count). The average Bonchev–Trinajstić information content (AvgIpc) is 2.88. The third-order valence-electron chi connectivity index (χ3n) is 3.53. The van der Waals surface area contributed by atoms with Crippen LogP contribution in [0.4, 0.5) is 0 Å². The van der Waals surface area contributed by atoms with Crippen LogP contribution in [-0.2, 0) is 24.1 Å². The Morgan fingerprint density at radius 3 is 3.06 bits per heavy atom. The second-order valence-corrected chi connectivity index (χ2v) is 5.73. The van der Waals surface area contributed by atoms with Crippen LogP contribution in [0, 0.1) is 6.92 Å². The summed E-state index contributed by atoms with van der Waals surface area (Å²) >= 11 is 1.69. The van der Waals surface area contributed by atoms with Gasteiger partial charge < -0.3 is 4.74 Å². The van der Waals surface area contributed by atoms with Gasteiger partial charge in [0.15, 0.2) is 0 Å². The van der Waals surface area contributed by atoms with Gasteiger partial charge in [-0.15, -0.1) is 11.3 Å². The molecule has 2 aromatic heterocycles. The molecule has 0 atom stereocenters. The van der Waals surface area contributed by atoms with Crippen molar-refractivity contribution in [3.63, 3.8) is 0 Å². The molecule has 1 aliphatic rings. The quantitative estimate of drug-likeness (QED) is 0.850. The first-order valence-electron chi connectivity index (χ1n) is 6.23. The summed E-state index contributed by atoms with van der Waals surface area (Å²) in [6.07, 6.45) is 3.30. The highest BCUT2D eigenvalue weighted by atomic mass is 32.1. The fraction of sp³-hybridized carbons (Fsp3) is 0.538. The first-order valence-corrected chi connectivity index (χ1v) is 7.04. The fourth-order valence-corrected chi connectivity index (χ4v) is 3.92. The molecular formula is C13H16N2O2S. The number of thiophene rings is 1. The molecule has 0 unspecified atom stereocenters. The molecule has 0 fully saturated rings. The summed E-state index contributed by atoms with van der Waals surface area (Å²) in [5.41, 5.74) is 1.35. The number of fused-ring (bicyclic) bond motifs is 3. The smallest absolute Gasteiger partial charge is 0.262 e. The third-order valence-corrected chi connectivity index (χ3v) is 4.72. The van der Waals surface area contributed by atoms with Crippen LogP contribution in [0.15, 0.2) is 4.79 Å². The molecular weight excluding hydrogens is 248 g/mol. The second kappa shape index (κ2) is 4.48. The minimum atomic E-state index is 0.106. The van der Waals surface area contributed by atoms with E-state index in [2.05, 4.69) is 4.98 Å². The molecule has 18 heavy (non-hydrogen) atoms. The van der Waals surface area contributed by atoms with Gasteiger partial charge in [0.25, 0.3) is 5.56 Å². The minimum absolute atomic E-state index is 0.106. The van der Waals surface area contributed by atoms with Crippen LogP contribution >= 0.6 is 11.3 Å². The van der Waals surface area contributed by atoms with Crippen molar-refractivity contribution in [3.05, 3.63) is 26.6 Å². The Labute approximate surface area is 109 Å². The van der Waals surface area contributed by atoms with E-state index in [1.807, 2.05) is 6.92 Å². The van der Waals surface area contributed by atoms with Crippen LogP contribution < -0.4 is 5.56 Å². The predicted molar refractivity (Wildman–Crippen MR) is 72.5 cm³/mol. The van der Waals surface area contributed by atoms with Crippen molar-refractivity contribution in [2.24, 2.45) is 0 Å². The number of aryl methyl sites for hydroxylation is 3. The zero-order valence-electron chi connectivity index (χ0n) is 10.7. The molecule has 0 aromatic carbocycles. The van der Waals surface area contributed by atoms with E-state index < -0.39 is 0 Å². The molecule has 4 nitrogen and oxygen atoms in total. The third kappa shape index (κ3) is 1.69. The minimum Gasteiger partial charge on any atom is -0.383 e. The van der Waals surface area contributed by atoms with Gasteiger partial charge >= 0.3 is 0 Å². The van der Waals surface area contributed by atoms with Crippen LogP contribution in [0.3, 0.4) is 0 Å². The van der Waals surface area contributed by atoms with Crippen LogP contribution in [-0.4, -0.2) is 23.3 Å². The maximum atomic E-state index is 12.6. The number of aromatic nitrogens is 2. The van der Waals surface area contributed by atoms with Gasteiger partial charge in [-0.2, -0.15) is 0 Å². The summed E-state index contributed by atoms with van der Waals surface area (Å²) in [4.78, 5) is 19.4. The van der Waals surface area contributed by atoms with Crippen molar-refractivity contribution in [1.29, 1.82) is 0 Å². The second-order valence-electron chi connectivity index (χ2n) is 4.65. The maximum absolute atomic E-state index is 12.6. The van der Waals surface area contributed by atoms with Crippen molar-refractivity contribution in [1.82, 2.24) is 9.55 Å². The summed E-state index contributed by atoms with van der Waals surface area (Å²) in [6.45, 7) is 3.01. The zero-order valence-corrected chi connectivity index (χ0v) is 11.5. The molecule has 0 saturated carbocycles. The highest BCUT2D eigenvalue weighted by Gasteiger charge is 2.22. The Balaban J connectivity index is 2.22. The molecule has 0 spiro atoms. The predicted octanol–water partition coefficient (Wildman–Crippen LogP) is 1.90. The van der Waals surface area contributed by atoms with Crippen molar-refractivity contribution < 1.29 is 4.74 Å². The molecule has 1 aliphatic carbocycles. The van der Waals surface area contributed by atoms with Gasteiger partial charge in [0.2, 0.25) is 0 Å². The zero-order chi connectivity index (χ0) is 12.7. The fourth-order valence-electron chi connectivity index (χ4n) is 2.62. The summed E-state index contributed by atoms with van der Waals surface area (Å²) in [5.74, 6) is 0.782. The molecule has 96 valence electrons. The van der Waals surface area contributed by atoms with E-state index in [-0.39, 0.29) is 5.56 Å². The van der Waals surface area contributed by atoms with Gasteiger partial charge in [0.05, 0.1) is 18.5 Å². The van der Waals surface area contributed by atoms with E-state index in [4.69, 9.17) is 4.74 Å². The standard InChI is InChI=1S/C13H16N2O2S/c1-8-14-12-11(9-4-3-5-10(9)18-12)13(16)15(8)6-7-17-2/h3-7H2,1-2H3. The number of ether oxygens (including phenoxy) is 1. The highest BCUT2D eigenvalue weighted by Crippen LogP contribution is 2.34. The topological polar surface area (TPSA) is 44.1 Å². The highest BCUT2D eigenvalue weighted by molar-refractivity contribution is 7.18. The van der Waals surface area contributed by atoms with Crippen LogP contribution in [0.1, 0.15) is 22.7 Å². The lowest BCUT2D eigenvalue weighted by Gasteiger charge is -2.08. The Kier molecular flexibility index (Phi) is 2.95. The number of rotatable bonds is 3. The van der Waals surface area contributed by atoms with Gasteiger partial charge in [0.1, 0.15) is 10.7 Å². The van der Waals surface area contributed by atoms with Crippen molar-refractivity contribution in [3.8, 4) is 0 Å². The van der Waals surface area contributed by atoms with Gasteiger partial charge in [-0.25, -0.2) is 4.98 Å². The van der Waals surface area contributed by atoms with E-state index in [0.717, 1.165) is 28.9 Å². The number of methoxy groups -OCH3 is 1. The number of nitrogens with zero attached hydrogens (tertiary/aromatic N) is 2. The average molecular weight is 264 g/mol. The number of hydrogen-bond acceptors (Lipinski definition) is 4. The molecule has 0 saturated heterocycles. The van der Waals surface area contributed by atoms with E-state index in [1.54, 1.807) is 23.0 Å². The summed E-state index contributed by atoms with van der Waals surface area (Å²) in [5, 5.41) is 0.856. The van der Waals surface area contributed by atoms with Gasteiger partial charge in [-0.3, -0.25) is 9.36 Å². The lowest BCUT2D eigenvalue weighted by molar-refractivity contribution is 0.185. The normalized spacial score (nSPS) is 14.3. The molecule has 5 heteroatoms. The molecule has 0 amide bonds. The van der Waals surface area contributed by atoms with Crippen LogP contribution in [0.5, 0.6) is 0 Å². The molecule has 0 radical (unpaired) electrons. The van der Waals surface area contributed by atoms with Crippen molar-refractivity contribution in [2.45, 2.75) is 32.7 Å². The van der Waals surface area contributed by atoms with Crippen LogP contribution in [0.25, 0.3) is 10.2 Å². The molecule has 0 aliphatic heterocycles. The van der Waals surface area contributed by atoms with Gasteiger partial charge in [-0.1, -0.05) is 0 Å². The van der Waals surface area contributed by atoms with E-state index >= 15 is 0 Å². The Hall–Kier alpha value is -1.20. The first-order chi connectivity index (χ1) is 8.72. The molecule has 2 aromatic rings. The van der Waals surface area contributed by atoms with E-state index in [1.165, 1.54) is 16.9 Å². The molecule has 0 N–H and O–H groups in total. The van der Waals surface area contributed by atoms with Gasteiger partial charge in [-0.05, 0) is 31.7 Å². The van der Waals surface area contributed by atoms with E-state index in [9.17, 15) is 4.79 Å². The summed E-state index contributed by atoms with van der Waals surface area (Å²) in [7, 11) is 1.65. The Bertz CT molecular complexity index is 657. The largest absolute Gasteiger partial charge is 0.383 e. The van der Waals surface area contributed by atoms with E-state index in [0.29, 0.717) is 13.2 Å². The molecule has 2 heterocycles. The lowest BCUT2D eigenvalue weighted by atomic mass is 10.2. The molecule has 0 bridgehead atoms. The maximum Gasteiger partial charge on any atom is 0.262 e. The Morgan fingerprint density at radius 1 is 1.44 bits per heavy atom.